The topological polar surface area (TPSA) is 60.7 Å². The molecular formula is C17H34O3. The van der Waals surface area contributed by atoms with Crippen molar-refractivity contribution in [1.82, 2.24) is 0 Å². The van der Waals surface area contributed by atoms with Crippen molar-refractivity contribution in [2.24, 2.45) is 0 Å². The van der Waals surface area contributed by atoms with E-state index in [0.29, 0.717) is 6.42 Å². The van der Waals surface area contributed by atoms with Gasteiger partial charge in [0.05, 0.1) is 0 Å². The van der Waals surface area contributed by atoms with E-state index in [-0.39, 0.29) is 6.42 Å². The zero-order valence-corrected chi connectivity index (χ0v) is 13.0. The minimum atomic E-state index is -2.47. The molecule has 0 aliphatic rings. The van der Waals surface area contributed by atoms with E-state index >= 15 is 0 Å². The van der Waals surface area contributed by atoms with Crippen molar-refractivity contribution in [2.45, 2.75) is 95.9 Å². The molecule has 0 rings (SSSR count). The molecule has 0 saturated carbocycles. The van der Waals surface area contributed by atoms with Gasteiger partial charge in [0.1, 0.15) is 0 Å². The fourth-order valence-corrected chi connectivity index (χ4v) is 2.42. The number of hydrogen-bond acceptors (Lipinski definition) is 3. The van der Waals surface area contributed by atoms with Gasteiger partial charge >= 0.3 is 0 Å². The second kappa shape index (κ2) is 13.6. The normalized spacial score (nSPS) is 11.8. The predicted octanol–water partition coefficient (Wildman–Crippen LogP) is 4.26. The lowest BCUT2D eigenvalue weighted by atomic mass is 10.0. The van der Waals surface area contributed by atoms with Gasteiger partial charge in [0.2, 0.25) is 0 Å². The Morgan fingerprint density at radius 2 is 0.950 bits per heavy atom. The van der Waals surface area contributed by atoms with Gasteiger partial charge in [0, 0.05) is 6.42 Å². The van der Waals surface area contributed by atoms with Gasteiger partial charge in [-0.25, -0.2) is 0 Å². The van der Waals surface area contributed by atoms with Crippen molar-refractivity contribution in [3.05, 3.63) is 12.7 Å². The summed E-state index contributed by atoms with van der Waals surface area (Å²) in [6.07, 6.45) is 17.8. The first-order chi connectivity index (χ1) is 9.56. The van der Waals surface area contributed by atoms with Crippen molar-refractivity contribution >= 4 is 0 Å². The first-order valence-corrected chi connectivity index (χ1v) is 8.34. The lowest BCUT2D eigenvalue weighted by Gasteiger charge is -2.12. The summed E-state index contributed by atoms with van der Waals surface area (Å²) in [6, 6.07) is 0. The molecular weight excluding hydrogens is 252 g/mol. The zero-order valence-electron chi connectivity index (χ0n) is 13.0. The molecule has 0 amide bonds. The minimum Gasteiger partial charge on any atom is -0.344 e. The molecule has 0 bridgehead atoms. The highest BCUT2D eigenvalue weighted by Crippen LogP contribution is 2.14. The molecule has 0 heterocycles. The summed E-state index contributed by atoms with van der Waals surface area (Å²) >= 11 is 0. The Kier molecular flexibility index (Phi) is 13.3. The van der Waals surface area contributed by atoms with E-state index in [1.165, 1.54) is 57.8 Å². The van der Waals surface area contributed by atoms with Crippen LogP contribution in [-0.2, 0) is 0 Å². The molecule has 0 fully saturated rings. The molecule has 0 aromatic heterocycles. The maximum absolute atomic E-state index is 8.72. The molecule has 0 radical (unpaired) electrons. The molecule has 0 atom stereocenters. The molecule has 20 heavy (non-hydrogen) atoms. The van der Waals surface area contributed by atoms with Gasteiger partial charge in [-0.15, -0.1) is 6.58 Å². The number of rotatable bonds is 15. The lowest BCUT2D eigenvalue weighted by molar-refractivity contribution is -0.315. The number of aliphatic hydroxyl groups is 3. The highest BCUT2D eigenvalue weighted by Gasteiger charge is 2.16. The van der Waals surface area contributed by atoms with Crippen LogP contribution in [0.2, 0.25) is 0 Å². The summed E-state index contributed by atoms with van der Waals surface area (Å²) in [5, 5.41) is 26.1. The van der Waals surface area contributed by atoms with Crippen LogP contribution in [0.5, 0.6) is 0 Å². The molecule has 3 N–H and O–H groups in total. The second-order valence-electron chi connectivity index (χ2n) is 5.84. The third-order valence-electron chi connectivity index (χ3n) is 3.67. The standard InChI is InChI=1S/C17H34O3/c1-2-3-4-5-6-7-8-9-10-11-12-13-14-15-16-17(18,19)20/h2,18-20H,1,3-16H2. The Morgan fingerprint density at radius 1 is 0.600 bits per heavy atom. The predicted molar refractivity (Wildman–Crippen MR) is 84.2 cm³/mol. The maximum Gasteiger partial charge on any atom is 0.275 e. The van der Waals surface area contributed by atoms with E-state index in [1.807, 2.05) is 6.08 Å². The minimum absolute atomic E-state index is 0.0544. The maximum atomic E-state index is 8.72. The molecule has 0 aliphatic carbocycles. The highest BCUT2D eigenvalue weighted by atomic mass is 16.7. The first kappa shape index (κ1) is 19.6. The lowest BCUT2D eigenvalue weighted by Crippen LogP contribution is -2.26. The fraction of sp³-hybridized carbons (Fsp3) is 0.882. The van der Waals surface area contributed by atoms with Crippen LogP contribution in [0.1, 0.15) is 89.9 Å². The third kappa shape index (κ3) is 17.6. The van der Waals surface area contributed by atoms with Crippen LogP contribution in [0.15, 0.2) is 12.7 Å². The number of unbranched alkanes of at least 4 members (excludes halogenated alkanes) is 12. The Hall–Kier alpha value is -0.380. The molecule has 0 aliphatic heterocycles. The van der Waals surface area contributed by atoms with Gasteiger partial charge in [0.25, 0.3) is 5.97 Å². The monoisotopic (exact) mass is 286 g/mol. The molecule has 0 spiro atoms. The molecule has 0 saturated heterocycles. The smallest absolute Gasteiger partial charge is 0.275 e. The van der Waals surface area contributed by atoms with Crippen molar-refractivity contribution < 1.29 is 15.3 Å². The van der Waals surface area contributed by atoms with Crippen LogP contribution in [0.3, 0.4) is 0 Å². The molecule has 3 nitrogen and oxygen atoms in total. The Morgan fingerprint density at radius 3 is 1.30 bits per heavy atom. The zero-order chi connectivity index (χ0) is 15.1. The Balaban J connectivity index is 3.01. The molecule has 120 valence electrons. The van der Waals surface area contributed by atoms with Gasteiger partial charge < -0.3 is 15.3 Å². The van der Waals surface area contributed by atoms with E-state index in [1.54, 1.807) is 0 Å². The van der Waals surface area contributed by atoms with E-state index in [2.05, 4.69) is 6.58 Å². The van der Waals surface area contributed by atoms with E-state index in [0.717, 1.165) is 19.3 Å². The van der Waals surface area contributed by atoms with Crippen molar-refractivity contribution in [3.63, 3.8) is 0 Å². The van der Waals surface area contributed by atoms with Gasteiger partial charge in [0.15, 0.2) is 0 Å². The van der Waals surface area contributed by atoms with Gasteiger partial charge in [-0.1, -0.05) is 70.3 Å². The number of allylic oxidation sites excluding steroid dienone is 1. The van der Waals surface area contributed by atoms with Crippen LogP contribution in [0.25, 0.3) is 0 Å². The fourth-order valence-electron chi connectivity index (χ4n) is 2.42. The summed E-state index contributed by atoms with van der Waals surface area (Å²) in [5.41, 5.74) is 0. The summed E-state index contributed by atoms with van der Waals surface area (Å²) in [7, 11) is 0. The number of hydrogen-bond donors (Lipinski definition) is 3. The van der Waals surface area contributed by atoms with Crippen molar-refractivity contribution in [1.29, 1.82) is 0 Å². The van der Waals surface area contributed by atoms with Crippen LogP contribution < -0.4 is 0 Å². The van der Waals surface area contributed by atoms with Crippen LogP contribution in [0.4, 0.5) is 0 Å². The van der Waals surface area contributed by atoms with E-state index in [4.69, 9.17) is 15.3 Å². The summed E-state index contributed by atoms with van der Waals surface area (Å²) in [4.78, 5) is 0. The Labute approximate surface area is 124 Å². The Bertz CT molecular complexity index is 209. The molecule has 0 aromatic carbocycles. The van der Waals surface area contributed by atoms with Gasteiger partial charge in [-0.05, 0) is 19.3 Å². The van der Waals surface area contributed by atoms with E-state index in [9.17, 15) is 0 Å². The summed E-state index contributed by atoms with van der Waals surface area (Å²) in [5.74, 6) is -2.47. The average molecular weight is 286 g/mol. The molecule has 0 unspecified atom stereocenters. The summed E-state index contributed by atoms with van der Waals surface area (Å²) < 4.78 is 0. The van der Waals surface area contributed by atoms with Gasteiger partial charge in [-0.2, -0.15) is 0 Å². The molecule has 0 aromatic rings. The molecule has 3 heteroatoms. The van der Waals surface area contributed by atoms with E-state index < -0.39 is 5.97 Å². The second-order valence-corrected chi connectivity index (χ2v) is 5.84. The quantitative estimate of drug-likeness (QED) is 0.239. The third-order valence-corrected chi connectivity index (χ3v) is 3.67. The van der Waals surface area contributed by atoms with Crippen LogP contribution in [0, 0.1) is 0 Å². The SMILES string of the molecule is C=CCCCCCCCCCCCCCCC(O)(O)O. The van der Waals surface area contributed by atoms with Crippen LogP contribution in [-0.4, -0.2) is 21.3 Å². The highest BCUT2D eigenvalue weighted by molar-refractivity contribution is 4.65. The average Bonchev–Trinajstić information content (AvgIpc) is 2.38. The van der Waals surface area contributed by atoms with Crippen molar-refractivity contribution in [2.75, 3.05) is 0 Å². The van der Waals surface area contributed by atoms with Crippen LogP contribution >= 0.6 is 0 Å². The largest absolute Gasteiger partial charge is 0.344 e. The van der Waals surface area contributed by atoms with Gasteiger partial charge in [-0.3, -0.25) is 0 Å². The van der Waals surface area contributed by atoms with Crippen molar-refractivity contribution in [3.8, 4) is 0 Å². The first-order valence-electron chi connectivity index (χ1n) is 8.34. The summed E-state index contributed by atoms with van der Waals surface area (Å²) in [6.45, 7) is 3.73.